The molecule has 1 fully saturated rings. The van der Waals surface area contributed by atoms with Crippen molar-refractivity contribution in [3.63, 3.8) is 0 Å². The fraction of sp³-hybridized carbons (Fsp3) is 0.500. The third-order valence-electron chi connectivity index (χ3n) is 2.99. The van der Waals surface area contributed by atoms with Crippen LogP contribution in [0.3, 0.4) is 0 Å². The van der Waals surface area contributed by atoms with E-state index in [4.69, 9.17) is 5.73 Å². The van der Waals surface area contributed by atoms with Crippen LogP contribution in [0, 0.1) is 0 Å². The normalized spacial score (nSPS) is 17.4. The average Bonchev–Trinajstić information content (AvgIpc) is 2.69. The second kappa shape index (κ2) is 4.47. The van der Waals surface area contributed by atoms with Gasteiger partial charge in [-0.3, -0.25) is 0 Å². The minimum absolute atomic E-state index is 0.717. The van der Waals surface area contributed by atoms with Crippen molar-refractivity contribution in [2.45, 2.75) is 38.3 Å². The predicted molar refractivity (Wildman–Crippen MR) is 60.0 cm³/mol. The first-order valence-corrected chi connectivity index (χ1v) is 5.43. The van der Waals surface area contributed by atoms with Crippen molar-refractivity contribution in [3.8, 4) is 0 Å². The second-order valence-electron chi connectivity index (χ2n) is 4.06. The molecule has 0 aromatic heterocycles. The number of hydrogen-bond acceptors (Lipinski definition) is 2. The van der Waals surface area contributed by atoms with Crippen molar-refractivity contribution in [2.24, 2.45) is 0 Å². The SMILES string of the molecule is Nc1ccccc1CNC1CCCC1. The van der Waals surface area contributed by atoms with Gasteiger partial charge in [-0.25, -0.2) is 0 Å². The molecule has 1 saturated carbocycles. The molecule has 0 saturated heterocycles. The molecular formula is C12H18N2. The lowest BCUT2D eigenvalue weighted by molar-refractivity contribution is 0.525. The molecule has 2 heteroatoms. The molecule has 1 aliphatic carbocycles. The Morgan fingerprint density at radius 1 is 1.21 bits per heavy atom. The van der Waals surface area contributed by atoms with Gasteiger partial charge in [0.05, 0.1) is 0 Å². The molecule has 1 aliphatic rings. The van der Waals surface area contributed by atoms with E-state index in [2.05, 4.69) is 11.4 Å². The van der Waals surface area contributed by atoms with Crippen molar-refractivity contribution >= 4 is 5.69 Å². The lowest BCUT2D eigenvalue weighted by Gasteiger charge is -2.12. The van der Waals surface area contributed by atoms with E-state index in [0.29, 0.717) is 0 Å². The molecule has 2 rings (SSSR count). The summed E-state index contributed by atoms with van der Waals surface area (Å²) in [7, 11) is 0. The first-order chi connectivity index (χ1) is 6.86. The summed E-state index contributed by atoms with van der Waals surface area (Å²) in [6, 6.07) is 8.80. The lowest BCUT2D eigenvalue weighted by Crippen LogP contribution is -2.25. The summed E-state index contributed by atoms with van der Waals surface area (Å²) in [4.78, 5) is 0. The van der Waals surface area contributed by atoms with Crippen LogP contribution in [-0.4, -0.2) is 6.04 Å². The Bertz CT molecular complexity index is 290. The topological polar surface area (TPSA) is 38.0 Å². The van der Waals surface area contributed by atoms with Gasteiger partial charge in [-0.2, -0.15) is 0 Å². The molecule has 0 atom stereocenters. The van der Waals surface area contributed by atoms with Gasteiger partial charge in [-0.1, -0.05) is 31.0 Å². The third kappa shape index (κ3) is 2.26. The van der Waals surface area contributed by atoms with Gasteiger partial charge in [0, 0.05) is 18.3 Å². The monoisotopic (exact) mass is 190 g/mol. The Morgan fingerprint density at radius 3 is 2.64 bits per heavy atom. The molecule has 14 heavy (non-hydrogen) atoms. The summed E-state index contributed by atoms with van der Waals surface area (Å²) in [6.45, 7) is 0.914. The fourth-order valence-electron chi connectivity index (χ4n) is 2.08. The molecule has 0 unspecified atom stereocenters. The first kappa shape index (κ1) is 9.53. The van der Waals surface area contributed by atoms with Crippen LogP contribution < -0.4 is 11.1 Å². The quantitative estimate of drug-likeness (QED) is 0.718. The zero-order chi connectivity index (χ0) is 9.80. The van der Waals surface area contributed by atoms with Crippen molar-refractivity contribution in [1.82, 2.24) is 5.32 Å². The van der Waals surface area contributed by atoms with E-state index >= 15 is 0 Å². The van der Waals surface area contributed by atoms with Gasteiger partial charge >= 0.3 is 0 Å². The smallest absolute Gasteiger partial charge is 0.0359 e. The maximum Gasteiger partial charge on any atom is 0.0359 e. The molecule has 1 aromatic rings. The van der Waals surface area contributed by atoms with Crippen molar-refractivity contribution < 1.29 is 0 Å². The van der Waals surface area contributed by atoms with Crippen molar-refractivity contribution in [1.29, 1.82) is 0 Å². The number of benzene rings is 1. The maximum absolute atomic E-state index is 5.87. The minimum Gasteiger partial charge on any atom is -0.398 e. The van der Waals surface area contributed by atoms with Gasteiger partial charge in [-0.05, 0) is 24.5 Å². The third-order valence-corrected chi connectivity index (χ3v) is 2.99. The largest absolute Gasteiger partial charge is 0.398 e. The number of rotatable bonds is 3. The van der Waals surface area contributed by atoms with E-state index in [1.807, 2.05) is 18.2 Å². The molecule has 0 aliphatic heterocycles. The van der Waals surface area contributed by atoms with E-state index in [0.717, 1.165) is 18.3 Å². The van der Waals surface area contributed by atoms with Gasteiger partial charge in [0.2, 0.25) is 0 Å². The molecular weight excluding hydrogens is 172 g/mol. The summed E-state index contributed by atoms with van der Waals surface area (Å²) < 4.78 is 0. The lowest BCUT2D eigenvalue weighted by atomic mass is 10.1. The summed E-state index contributed by atoms with van der Waals surface area (Å²) in [5, 5.41) is 3.56. The zero-order valence-corrected chi connectivity index (χ0v) is 8.50. The highest BCUT2D eigenvalue weighted by atomic mass is 14.9. The summed E-state index contributed by atoms with van der Waals surface area (Å²) in [5.41, 5.74) is 7.99. The molecule has 3 N–H and O–H groups in total. The average molecular weight is 190 g/mol. The molecule has 0 amide bonds. The van der Waals surface area contributed by atoms with E-state index in [1.165, 1.54) is 31.2 Å². The Morgan fingerprint density at radius 2 is 1.93 bits per heavy atom. The highest BCUT2D eigenvalue weighted by Gasteiger charge is 2.13. The molecule has 2 nitrogen and oxygen atoms in total. The number of anilines is 1. The number of nitrogen functional groups attached to an aromatic ring is 1. The standard InChI is InChI=1S/C12H18N2/c13-12-8-4-1-5-10(12)9-14-11-6-2-3-7-11/h1,4-5,8,11,14H,2-3,6-7,9,13H2. The zero-order valence-electron chi connectivity index (χ0n) is 8.50. The highest BCUT2D eigenvalue weighted by Crippen LogP contribution is 2.19. The van der Waals surface area contributed by atoms with E-state index < -0.39 is 0 Å². The number of nitrogens with two attached hydrogens (primary N) is 1. The maximum atomic E-state index is 5.87. The fourth-order valence-corrected chi connectivity index (χ4v) is 2.08. The van der Waals surface area contributed by atoms with Crippen LogP contribution in [0.4, 0.5) is 5.69 Å². The van der Waals surface area contributed by atoms with Crippen molar-refractivity contribution in [3.05, 3.63) is 29.8 Å². The van der Waals surface area contributed by atoms with Crippen molar-refractivity contribution in [2.75, 3.05) is 5.73 Å². The van der Waals surface area contributed by atoms with E-state index in [9.17, 15) is 0 Å². The highest BCUT2D eigenvalue weighted by molar-refractivity contribution is 5.46. The summed E-state index contributed by atoms with van der Waals surface area (Å²) in [6.07, 6.45) is 5.41. The molecule has 76 valence electrons. The minimum atomic E-state index is 0.717. The molecule has 0 heterocycles. The molecule has 0 radical (unpaired) electrons. The van der Waals surface area contributed by atoms with Gasteiger partial charge in [0.15, 0.2) is 0 Å². The van der Waals surface area contributed by atoms with Gasteiger partial charge in [0.1, 0.15) is 0 Å². The Kier molecular flexibility index (Phi) is 3.04. The van der Waals surface area contributed by atoms with Crippen LogP contribution in [0.25, 0.3) is 0 Å². The summed E-state index contributed by atoms with van der Waals surface area (Å²) in [5.74, 6) is 0. The Labute approximate surface area is 85.5 Å². The summed E-state index contributed by atoms with van der Waals surface area (Å²) >= 11 is 0. The number of para-hydroxylation sites is 1. The van der Waals surface area contributed by atoms with Crippen LogP contribution >= 0.6 is 0 Å². The van der Waals surface area contributed by atoms with Crippen LogP contribution in [0.5, 0.6) is 0 Å². The Balaban J connectivity index is 1.88. The molecule has 0 spiro atoms. The van der Waals surface area contributed by atoms with Crippen LogP contribution in [0.15, 0.2) is 24.3 Å². The van der Waals surface area contributed by atoms with Crippen LogP contribution in [0.1, 0.15) is 31.2 Å². The number of hydrogen-bond donors (Lipinski definition) is 2. The van der Waals surface area contributed by atoms with Crippen LogP contribution in [-0.2, 0) is 6.54 Å². The van der Waals surface area contributed by atoms with Gasteiger partial charge in [0.25, 0.3) is 0 Å². The van der Waals surface area contributed by atoms with Crippen LogP contribution in [0.2, 0.25) is 0 Å². The molecule has 0 bridgehead atoms. The first-order valence-electron chi connectivity index (χ1n) is 5.43. The predicted octanol–water partition coefficient (Wildman–Crippen LogP) is 2.30. The van der Waals surface area contributed by atoms with Gasteiger partial charge < -0.3 is 11.1 Å². The second-order valence-corrected chi connectivity index (χ2v) is 4.06. The number of nitrogens with one attached hydrogen (secondary N) is 1. The van der Waals surface area contributed by atoms with E-state index in [-0.39, 0.29) is 0 Å². The van der Waals surface area contributed by atoms with E-state index in [1.54, 1.807) is 0 Å². The Hall–Kier alpha value is -1.02. The molecule has 1 aromatic carbocycles. The van der Waals surface area contributed by atoms with Gasteiger partial charge in [-0.15, -0.1) is 0 Å².